The van der Waals surface area contributed by atoms with Crippen molar-refractivity contribution in [3.63, 3.8) is 0 Å². The molecule has 0 radical (unpaired) electrons. The quantitative estimate of drug-likeness (QED) is 0.906. The molecule has 24 heavy (non-hydrogen) atoms. The Labute approximate surface area is 140 Å². The van der Waals surface area contributed by atoms with Crippen molar-refractivity contribution in [2.75, 3.05) is 11.9 Å². The largest absolute Gasteiger partial charge is 0.338 e. The Morgan fingerprint density at radius 1 is 1.46 bits per heavy atom. The lowest BCUT2D eigenvalue weighted by Gasteiger charge is -2.15. The number of hydrogen-bond donors (Lipinski definition) is 1. The van der Waals surface area contributed by atoms with Crippen LogP contribution in [0.4, 0.5) is 5.88 Å². The maximum absolute atomic E-state index is 12.4. The minimum absolute atomic E-state index is 0.0368. The fourth-order valence-corrected chi connectivity index (χ4v) is 2.91. The average molecular weight is 328 g/mol. The minimum Gasteiger partial charge on any atom is -0.338 e. The molecule has 126 valence electrons. The van der Waals surface area contributed by atoms with Crippen LogP contribution in [0.2, 0.25) is 0 Å². The van der Waals surface area contributed by atoms with E-state index in [1.54, 1.807) is 11.1 Å². The molecule has 1 N–H and O–H groups in total. The lowest BCUT2D eigenvalue weighted by Crippen LogP contribution is -2.28. The van der Waals surface area contributed by atoms with Gasteiger partial charge >= 0.3 is 0 Å². The van der Waals surface area contributed by atoms with Crippen LogP contribution in [0.3, 0.4) is 0 Å². The Morgan fingerprint density at radius 3 is 3.00 bits per heavy atom. The van der Waals surface area contributed by atoms with Gasteiger partial charge in [0.25, 0.3) is 0 Å². The molecule has 0 aliphatic carbocycles. The van der Waals surface area contributed by atoms with Crippen molar-refractivity contribution in [2.45, 2.75) is 33.2 Å². The summed E-state index contributed by atoms with van der Waals surface area (Å²) in [6, 6.07) is 5.58. The molecule has 1 aliphatic rings. The van der Waals surface area contributed by atoms with Crippen LogP contribution in [0.5, 0.6) is 0 Å². The summed E-state index contributed by atoms with van der Waals surface area (Å²) in [6.07, 6.45) is 2.62. The van der Waals surface area contributed by atoms with Crippen LogP contribution in [0.1, 0.15) is 30.3 Å². The van der Waals surface area contributed by atoms with Crippen molar-refractivity contribution in [1.29, 1.82) is 0 Å². The van der Waals surface area contributed by atoms with Gasteiger partial charge in [-0.3, -0.25) is 19.9 Å². The Bertz CT molecular complexity index is 742. The highest BCUT2D eigenvalue weighted by Gasteiger charge is 2.35. The van der Waals surface area contributed by atoms with Crippen molar-refractivity contribution in [3.05, 3.63) is 41.3 Å². The molecule has 1 atom stereocenters. The van der Waals surface area contributed by atoms with Crippen molar-refractivity contribution in [2.24, 2.45) is 5.92 Å². The number of carbonyl (C=O) groups excluding carboxylic acids is 2. The van der Waals surface area contributed by atoms with Crippen molar-refractivity contribution >= 4 is 17.7 Å². The summed E-state index contributed by atoms with van der Waals surface area (Å²) in [7, 11) is 0. The molecule has 1 fully saturated rings. The Kier molecular flexibility index (Phi) is 4.59. The molecule has 2 amide bonds. The predicted octanol–water partition coefficient (Wildman–Crippen LogP) is 1.93. The molecule has 2 aromatic heterocycles. The first-order valence-electron chi connectivity index (χ1n) is 8.02. The molecule has 0 spiro atoms. The molecule has 1 unspecified atom stereocenters. The molecular weight excluding hydrogens is 308 g/mol. The first kappa shape index (κ1) is 16.2. The predicted molar refractivity (Wildman–Crippen MR) is 87.0 cm³/mol. The number of aryl methyl sites for hydroxylation is 1. The molecular formula is C17H20N4O3. The third-order valence-corrected chi connectivity index (χ3v) is 4.24. The lowest BCUT2D eigenvalue weighted by molar-refractivity contribution is -0.128. The highest BCUT2D eigenvalue weighted by molar-refractivity contribution is 5.96. The Balaban J connectivity index is 1.63. The number of anilines is 1. The van der Waals surface area contributed by atoms with Gasteiger partial charge in [-0.1, -0.05) is 18.1 Å². The van der Waals surface area contributed by atoms with Crippen molar-refractivity contribution < 1.29 is 14.1 Å². The van der Waals surface area contributed by atoms with Crippen molar-refractivity contribution in [1.82, 2.24) is 15.0 Å². The molecule has 0 bridgehead atoms. The van der Waals surface area contributed by atoms with E-state index in [9.17, 15) is 9.59 Å². The first-order chi connectivity index (χ1) is 11.6. The van der Waals surface area contributed by atoms with Gasteiger partial charge in [-0.05, 0) is 25.5 Å². The maximum atomic E-state index is 12.4. The number of pyridine rings is 1. The second kappa shape index (κ2) is 6.82. The van der Waals surface area contributed by atoms with Crippen LogP contribution in [-0.4, -0.2) is 33.4 Å². The van der Waals surface area contributed by atoms with Crippen molar-refractivity contribution in [3.8, 4) is 0 Å². The SMILES string of the molecule is CCc1c(C)noc1NC(=O)C1CC(=O)N(Cc2ccccn2)C1. The Hall–Kier alpha value is -2.70. The number of likely N-dealkylation sites (tertiary alicyclic amines) is 1. The van der Waals surface area contributed by atoms with Crippen LogP contribution in [0, 0.1) is 12.8 Å². The summed E-state index contributed by atoms with van der Waals surface area (Å²) >= 11 is 0. The number of nitrogens with one attached hydrogen (secondary N) is 1. The zero-order chi connectivity index (χ0) is 17.1. The lowest BCUT2D eigenvalue weighted by atomic mass is 10.1. The summed E-state index contributed by atoms with van der Waals surface area (Å²) in [5, 5.41) is 6.64. The maximum Gasteiger partial charge on any atom is 0.234 e. The smallest absolute Gasteiger partial charge is 0.234 e. The van der Waals surface area contributed by atoms with Gasteiger partial charge in [0.1, 0.15) is 0 Å². The standard InChI is InChI=1S/C17H20N4O3/c1-3-14-11(2)20-24-17(14)19-16(23)12-8-15(22)21(9-12)10-13-6-4-5-7-18-13/h4-7,12H,3,8-10H2,1-2H3,(H,19,23). The molecule has 7 nitrogen and oxygen atoms in total. The van der Waals surface area contributed by atoms with Gasteiger partial charge in [-0.2, -0.15) is 0 Å². The molecule has 1 saturated heterocycles. The molecule has 3 heterocycles. The van der Waals surface area contributed by atoms with Gasteiger partial charge in [0, 0.05) is 24.7 Å². The zero-order valence-corrected chi connectivity index (χ0v) is 13.8. The summed E-state index contributed by atoms with van der Waals surface area (Å²) in [5.74, 6) is -0.255. The van der Waals surface area contributed by atoms with Gasteiger partial charge in [0.15, 0.2) is 0 Å². The Morgan fingerprint density at radius 2 is 2.29 bits per heavy atom. The topological polar surface area (TPSA) is 88.3 Å². The number of rotatable bonds is 5. The van der Waals surface area contributed by atoms with Gasteiger partial charge in [0.05, 0.1) is 23.9 Å². The second-order valence-corrected chi connectivity index (χ2v) is 5.91. The number of amides is 2. The van der Waals surface area contributed by atoms with Crippen LogP contribution < -0.4 is 5.32 Å². The van der Waals surface area contributed by atoms with Gasteiger partial charge in [0.2, 0.25) is 17.7 Å². The number of hydrogen-bond acceptors (Lipinski definition) is 5. The van der Waals surface area contributed by atoms with Crippen LogP contribution in [0.15, 0.2) is 28.9 Å². The van der Waals surface area contributed by atoms with Gasteiger partial charge in [-0.25, -0.2) is 0 Å². The second-order valence-electron chi connectivity index (χ2n) is 5.91. The van der Waals surface area contributed by atoms with Crippen LogP contribution in [-0.2, 0) is 22.6 Å². The van der Waals surface area contributed by atoms with E-state index in [4.69, 9.17) is 4.52 Å². The third kappa shape index (κ3) is 3.29. The normalized spacial score (nSPS) is 17.3. The van der Waals surface area contributed by atoms with Crippen LogP contribution in [0.25, 0.3) is 0 Å². The van der Waals surface area contributed by atoms with E-state index in [2.05, 4.69) is 15.5 Å². The van der Waals surface area contributed by atoms with E-state index in [0.29, 0.717) is 19.0 Å². The van der Waals surface area contributed by atoms with E-state index in [1.807, 2.05) is 32.0 Å². The summed E-state index contributed by atoms with van der Waals surface area (Å²) in [5.41, 5.74) is 2.47. The molecule has 0 aromatic carbocycles. The van der Waals surface area contributed by atoms with E-state index in [1.165, 1.54) is 0 Å². The highest BCUT2D eigenvalue weighted by atomic mass is 16.5. The molecule has 1 aliphatic heterocycles. The summed E-state index contributed by atoms with van der Waals surface area (Å²) in [6.45, 7) is 4.62. The fraction of sp³-hybridized carbons (Fsp3) is 0.412. The van der Waals surface area contributed by atoms with E-state index >= 15 is 0 Å². The summed E-state index contributed by atoms with van der Waals surface area (Å²) < 4.78 is 5.18. The monoisotopic (exact) mass is 328 g/mol. The van der Waals surface area contributed by atoms with Gasteiger partial charge < -0.3 is 9.42 Å². The molecule has 7 heteroatoms. The number of aromatic nitrogens is 2. The van der Waals surface area contributed by atoms with E-state index < -0.39 is 5.92 Å². The highest BCUT2D eigenvalue weighted by Crippen LogP contribution is 2.24. The molecule has 2 aromatic rings. The zero-order valence-electron chi connectivity index (χ0n) is 13.8. The summed E-state index contributed by atoms with van der Waals surface area (Å²) in [4.78, 5) is 30.5. The fourth-order valence-electron chi connectivity index (χ4n) is 2.91. The van der Waals surface area contributed by atoms with Gasteiger partial charge in [-0.15, -0.1) is 0 Å². The minimum atomic E-state index is -0.392. The van der Waals surface area contributed by atoms with E-state index in [-0.39, 0.29) is 18.2 Å². The number of nitrogens with zero attached hydrogens (tertiary/aromatic N) is 3. The molecule has 0 saturated carbocycles. The van der Waals surface area contributed by atoms with Crippen LogP contribution >= 0.6 is 0 Å². The molecule has 3 rings (SSSR count). The third-order valence-electron chi connectivity index (χ3n) is 4.24. The first-order valence-corrected chi connectivity index (χ1v) is 8.02. The number of carbonyl (C=O) groups is 2. The average Bonchev–Trinajstić information content (AvgIpc) is 3.11. The van der Waals surface area contributed by atoms with E-state index in [0.717, 1.165) is 23.4 Å².